The number of nitrogens with one attached hydrogen (secondary N) is 1. The minimum atomic E-state index is -0.710. The number of likely N-dealkylation sites (tertiary alicyclic amines) is 1. The van der Waals surface area contributed by atoms with Crippen LogP contribution in [-0.4, -0.2) is 51.5 Å². The molecule has 0 aliphatic carbocycles. The first-order valence-corrected chi connectivity index (χ1v) is 10.2. The van der Waals surface area contributed by atoms with Gasteiger partial charge >= 0.3 is 0 Å². The fourth-order valence-corrected chi connectivity index (χ4v) is 3.86. The molecule has 1 aromatic heterocycles. The van der Waals surface area contributed by atoms with E-state index in [2.05, 4.69) is 10.3 Å². The smallest absolute Gasteiger partial charge is 0.243 e. The first kappa shape index (κ1) is 20.4. The Morgan fingerprint density at radius 2 is 2.07 bits per heavy atom. The number of hydrogen-bond acceptors (Lipinski definition) is 6. The number of nitrogens with zero attached hydrogens (tertiary/aromatic N) is 2. The lowest BCUT2D eigenvalue weighted by Gasteiger charge is -2.27. The normalized spacial score (nSPS) is 20.4. The van der Waals surface area contributed by atoms with Crippen LogP contribution in [0.15, 0.2) is 36.0 Å². The third-order valence-electron chi connectivity index (χ3n) is 5.01. The van der Waals surface area contributed by atoms with E-state index in [1.54, 1.807) is 16.8 Å². The van der Waals surface area contributed by atoms with Crippen molar-refractivity contribution in [3.63, 3.8) is 0 Å². The first-order valence-electron chi connectivity index (χ1n) is 9.36. The number of carbonyl (C=O) groups excluding carboxylic acids is 2. The van der Waals surface area contributed by atoms with E-state index in [-0.39, 0.29) is 30.7 Å². The molecule has 1 fully saturated rings. The minimum absolute atomic E-state index is 0.0361. The highest BCUT2D eigenvalue weighted by atomic mass is 32.1. The highest BCUT2D eigenvalue weighted by Gasteiger charge is 2.40. The number of aliphatic hydroxyl groups excluding tert-OH is 1. The van der Waals surface area contributed by atoms with E-state index in [1.165, 1.54) is 4.90 Å². The van der Waals surface area contributed by atoms with E-state index < -0.39 is 18.2 Å². The van der Waals surface area contributed by atoms with E-state index >= 15 is 0 Å². The molecule has 3 rings (SSSR count). The lowest BCUT2D eigenvalue weighted by molar-refractivity contribution is -0.140. The maximum Gasteiger partial charge on any atom is 0.243 e. The lowest BCUT2D eigenvalue weighted by Crippen LogP contribution is -2.52. The second kappa shape index (κ2) is 8.81. The molecular formula is C20H26N4O3S. The van der Waals surface area contributed by atoms with Gasteiger partial charge in [-0.3, -0.25) is 14.6 Å². The van der Waals surface area contributed by atoms with Crippen LogP contribution in [0.5, 0.6) is 0 Å². The van der Waals surface area contributed by atoms with Crippen molar-refractivity contribution in [2.45, 2.75) is 45.0 Å². The summed E-state index contributed by atoms with van der Waals surface area (Å²) in [6.07, 6.45) is 1.34. The van der Waals surface area contributed by atoms with Crippen molar-refractivity contribution in [1.82, 2.24) is 15.2 Å². The van der Waals surface area contributed by atoms with Crippen molar-refractivity contribution < 1.29 is 14.7 Å². The van der Waals surface area contributed by atoms with Gasteiger partial charge in [0.05, 0.1) is 22.5 Å². The van der Waals surface area contributed by atoms with Gasteiger partial charge in [-0.2, -0.15) is 0 Å². The molecule has 150 valence electrons. The fraction of sp³-hybridized carbons (Fsp3) is 0.450. The van der Waals surface area contributed by atoms with Gasteiger partial charge in [0, 0.05) is 25.7 Å². The topological polar surface area (TPSA) is 109 Å². The Labute approximate surface area is 168 Å². The molecule has 0 bridgehead atoms. The predicted octanol–water partition coefficient (Wildman–Crippen LogP) is 1.37. The van der Waals surface area contributed by atoms with Gasteiger partial charge in [0.25, 0.3) is 0 Å². The number of amides is 2. The molecule has 0 spiro atoms. The van der Waals surface area contributed by atoms with Gasteiger partial charge in [0.2, 0.25) is 11.8 Å². The molecule has 7 nitrogen and oxygen atoms in total. The third-order valence-corrected chi connectivity index (χ3v) is 5.83. The van der Waals surface area contributed by atoms with E-state index in [9.17, 15) is 14.7 Å². The molecule has 2 amide bonds. The Bertz CT molecular complexity index is 807. The summed E-state index contributed by atoms with van der Waals surface area (Å²) in [6.45, 7) is 4.22. The van der Waals surface area contributed by atoms with Crippen LogP contribution < -0.4 is 11.1 Å². The molecule has 1 saturated heterocycles. The molecule has 8 heteroatoms. The number of aliphatic hydroxyl groups is 1. The summed E-state index contributed by atoms with van der Waals surface area (Å²) in [5.41, 5.74) is 9.78. The van der Waals surface area contributed by atoms with Crippen molar-refractivity contribution in [2.75, 3.05) is 6.54 Å². The number of hydrogen-bond donors (Lipinski definition) is 3. The Morgan fingerprint density at radius 3 is 2.68 bits per heavy atom. The van der Waals surface area contributed by atoms with E-state index in [0.717, 1.165) is 16.0 Å². The maximum absolute atomic E-state index is 12.7. The zero-order chi connectivity index (χ0) is 20.3. The quantitative estimate of drug-likeness (QED) is 0.676. The Hall–Kier alpha value is -2.29. The van der Waals surface area contributed by atoms with Crippen LogP contribution in [0, 0.1) is 5.92 Å². The molecule has 1 aliphatic rings. The average Bonchev–Trinajstić information content (AvgIpc) is 3.35. The SMILES string of the molecule is CC(C)[C@H](N)C(=O)N1C[C@H](O)C[C@H]1C(=O)NCc1ccc(-c2cncs2)cc1. The lowest BCUT2D eigenvalue weighted by atomic mass is 10.0. The van der Waals surface area contributed by atoms with Crippen LogP contribution >= 0.6 is 11.3 Å². The van der Waals surface area contributed by atoms with Crippen LogP contribution in [0.25, 0.3) is 10.4 Å². The number of rotatable bonds is 6. The van der Waals surface area contributed by atoms with Crippen LogP contribution in [0.1, 0.15) is 25.8 Å². The largest absolute Gasteiger partial charge is 0.391 e. The van der Waals surface area contributed by atoms with Crippen molar-refractivity contribution in [2.24, 2.45) is 11.7 Å². The summed E-state index contributed by atoms with van der Waals surface area (Å²) < 4.78 is 0. The number of β-amino-alcohol motifs (C(OH)–C–C–N with tert-alkyl or cyclic N) is 1. The molecule has 0 unspecified atom stereocenters. The van der Waals surface area contributed by atoms with E-state index in [0.29, 0.717) is 6.54 Å². The molecule has 3 atom stereocenters. The summed E-state index contributed by atoms with van der Waals surface area (Å²) in [5.74, 6) is -0.598. The molecule has 1 aliphatic heterocycles. The highest BCUT2D eigenvalue weighted by Crippen LogP contribution is 2.24. The standard InChI is InChI=1S/C20H26N4O3S/c1-12(2)18(21)20(27)24-10-15(25)7-16(24)19(26)23-8-13-3-5-14(6-4-13)17-9-22-11-28-17/h3-6,9,11-12,15-16,18,25H,7-8,10,21H2,1-2H3,(H,23,26)/t15-,16+,18+/m1/s1. The van der Waals surface area contributed by atoms with Crippen LogP contribution in [0.3, 0.4) is 0 Å². The number of benzene rings is 1. The van der Waals surface area contributed by atoms with E-state index in [1.807, 2.05) is 44.3 Å². The Balaban J connectivity index is 1.61. The van der Waals surface area contributed by atoms with Gasteiger partial charge in [-0.05, 0) is 17.0 Å². The van der Waals surface area contributed by atoms with Crippen LogP contribution in [0.2, 0.25) is 0 Å². The zero-order valence-electron chi connectivity index (χ0n) is 16.0. The minimum Gasteiger partial charge on any atom is -0.391 e. The molecular weight excluding hydrogens is 376 g/mol. The van der Waals surface area contributed by atoms with Crippen molar-refractivity contribution in [3.8, 4) is 10.4 Å². The Morgan fingerprint density at radius 1 is 1.36 bits per heavy atom. The summed E-state index contributed by atoms with van der Waals surface area (Å²) in [5, 5.41) is 12.8. The molecule has 4 N–H and O–H groups in total. The third kappa shape index (κ3) is 4.57. The fourth-order valence-electron chi connectivity index (χ4n) is 3.23. The van der Waals surface area contributed by atoms with Crippen LogP contribution in [-0.2, 0) is 16.1 Å². The number of aromatic nitrogens is 1. The molecule has 2 aromatic rings. The first-order chi connectivity index (χ1) is 13.4. The van der Waals surface area contributed by atoms with Crippen molar-refractivity contribution >= 4 is 23.2 Å². The summed E-state index contributed by atoms with van der Waals surface area (Å²) in [7, 11) is 0. The summed E-state index contributed by atoms with van der Waals surface area (Å²) in [6, 6.07) is 6.52. The molecule has 0 radical (unpaired) electrons. The van der Waals surface area contributed by atoms with Gasteiger partial charge in [-0.15, -0.1) is 11.3 Å². The van der Waals surface area contributed by atoms with Gasteiger partial charge in [0.1, 0.15) is 6.04 Å². The molecule has 1 aromatic carbocycles. The second-order valence-corrected chi connectivity index (χ2v) is 8.33. The Kier molecular flexibility index (Phi) is 6.43. The van der Waals surface area contributed by atoms with Crippen LogP contribution in [0.4, 0.5) is 0 Å². The predicted molar refractivity (Wildman–Crippen MR) is 108 cm³/mol. The van der Waals surface area contributed by atoms with Gasteiger partial charge in [-0.25, -0.2) is 0 Å². The molecule has 28 heavy (non-hydrogen) atoms. The number of thiazole rings is 1. The van der Waals surface area contributed by atoms with Gasteiger partial charge in [-0.1, -0.05) is 38.1 Å². The van der Waals surface area contributed by atoms with Crippen molar-refractivity contribution in [1.29, 1.82) is 0 Å². The maximum atomic E-state index is 12.7. The summed E-state index contributed by atoms with van der Waals surface area (Å²) in [4.78, 5) is 31.8. The zero-order valence-corrected chi connectivity index (χ0v) is 16.9. The monoisotopic (exact) mass is 402 g/mol. The molecule has 2 heterocycles. The van der Waals surface area contributed by atoms with E-state index in [4.69, 9.17) is 5.73 Å². The second-order valence-electron chi connectivity index (χ2n) is 7.45. The molecule has 0 saturated carbocycles. The summed E-state index contributed by atoms with van der Waals surface area (Å²) >= 11 is 1.57. The highest BCUT2D eigenvalue weighted by molar-refractivity contribution is 7.13. The van der Waals surface area contributed by atoms with Gasteiger partial charge in [0.15, 0.2) is 0 Å². The number of nitrogens with two attached hydrogens (primary N) is 1. The van der Waals surface area contributed by atoms with Crippen molar-refractivity contribution in [3.05, 3.63) is 41.5 Å². The van der Waals surface area contributed by atoms with Gasteiger partial charge < -0.3 is 21.1 Å². The average molecular weight is 403 g/mol. The number of carbonyl (C=O) groups is 2.